The van der Waals surface area contributed by atoms with Crippen LogP contribution in [0.3, 0.4) is 0 Å². The number of hydrogen-bond donors (Lipinski definition) is 13. The third-order valence-corrected chi connectivity index (χ3v) is 13.7. The number of nitrogens with zero attached hydrogens (tertiary/aromatic N) is 3. The molecule has 0 spiro atoms. The zero-order valence-electron chi connectivity index (χ0n) is 44.3. The molecule has 79 heavy (non-hydrogen) atoms. The number of aromatic nitrogens is 3. The van der Waals surface area contributed by atoms with Crippen molar-refractivity contribution in [2.75, 3.05) is 19.6 Å². The van der Waals surface area contributed by atoms with Crippen molar-refractivity contribution in [3.8, 4) is 0 Å². The van der Waals surface area contributed by atoms with Crippen molar-refractivity contribution in [2.24, 2.45) is 22.2 Å². The van der Waals surface area contributed by atoms with Gasteiger partial charge in [-0.1, -0.05) is 68.3 Å². The Morgan fingerprint density at radius 1 is 0.709 bits per heavy atom. The number of unbranched alkanes of at least 4 members (excludes halogenated alkanes) is 1. The van der Waals surface area contributed by atoms with E-state index in [4.69, 9.17) is 17.2 Å². The van der Waals surface area contributed by atoms with E-state index in [-0.39, 0.29) is 77.0 Å². The van der Waals surface area contributed by atoms with Crippen LogP contribution in [0.4, 0.5) is 0 Å². The lowest BCUT2D eigenvalue weighted by Crippen LogP contribution is -2.66. The fourth-order valence-corrected chi connectivity index (χ4v) is 9.43. The average molecular weight is 1090 g/mol. The highest BCUT2D eigenvalue weighted by Crippen LogP contribution is 2.21. The van der Waals surface area contributed by atoms with Gasteiger partial charge in [-0.25, -0.2) is 4.98 Å². The van der Waals surface area contributed by atoms with E-state index in [2.05, 4.69) is 62.5 Å². The van der Waals surface area contributed by atoms with Gasteiger partial charge in [-0.3, -0.25) is 52.9 Å². The van der Waals surface area contributed by atoms with Gasteiger partial charge in [0, 0.05) is 68.3 Å². The first-order chi connectivity index (χ1) is 37.9. The molecule has 16 N–H and O–H groups in total. The number of rotatable bonds is 16. The number of H-pyrrole nitrogens is 2. The number of primary amides is 1. The summed E-state index contributed by atoms with van der Waals surface area (Å²) < 4.78 is 0. The van der Waals surface area contributed by atoms with Crippen molar-refractivity contribution in [2.45, 2.75) is 139 Å². The summed E-state index contributed by atoms with van der Waals surface area (Å²) in [5.74, 6) is -8.01. The molecule has 2 aliphatic rings. The number of amides is 10. The molecule has 0 aliphatic carbocycles. The lowest BCUT2D eigenvalue weighted by atomic mass is 10.0. The molecular formula is C53H72N16O10. The normalized spacial score (nSPS) is 23.4. The number of guanidine groups is 1. The Morgan fingerprint density at radius 2 is 1.35 bits per heavy atom. The first-order valence-corrected chi connectivity index (χ1v) is 26.5. The number of para-hydroxylation sites is 1. The average Bonchev–Trinajstić information content (AvgIpc) is 4.10. The van der Waals surface area contributed by atoms with Gasteiger partial charge in [0.1, 0.15) is 48.3 Å². The van der Waals surface area contributed by atoms with Crippen LogP contribution in [0, 0.1) is 0 Å². The third-order valence-electron chi connectivity index (χ3n) is 13.7. The highest BCUT2D eigenvalue weighted by atomic mass is 16.2. The molecule has 26 heteroatoms. The molecule has 26 nitrogen and oxygen atoms in total. The van der Waals surface area contributed by atoms with Gasteiger partial charge in [0.25, 0.3) is 0 Å². The molecule has 424 valence electrons. The van der Waals surface area contributed by atoms with Crippen LogP contribution in [0.15, 0.2) is 78.3 Å². The van der Waals surface area contributed by atoms with Gasteiger partial charge in [-0.2, -0.15) is 0 Å². The zero-order valence-corrected chi connectivity index (χ0v) is 44.3. The van der Waals surface area contributed by atoms with E-state index in [0.29, 0.717) is 29.7 Å². The second-order valence-corrected chi connectivity index (χ2v) is 19.7. The van der Waals surface area contributed by atoms with E-state index in [9.17, 15) is 47.9 Å². The van der Waals surface area contributed by atoms with E-state index < -0.39 is 114 Å². The molecule has 0 unspecified atom stereocenters. The first-order valence-electron chi connectivity index (χ1n) is 26.5. The van der Waals surface area contributed by atoms with Gasteiger partial charge >= 0.3 is 0 Å². The predicted octanol–water partition coefficient (Wildman–Crippen LogP) is -2.04. The number of piperazine rings is 1. The van der Waals surface area contributed by atoms with Gasteiger partial charge in [-0.15, -0.1) is 0 Å². The number of aromatic amines is 2. The second kappa shape index (κ2) is 29.1. The van der Waals surface area contributed by atoms with Crippen molar-refractivity contribution in [1.82, 2.24) is 62.4 Å². The summed E-state index contributed by atoms with van der Waals surface area (Å²) in [7, 11) is 0. The van der Waals surface area contributed by atoms with Crippen LogP contribution in [-0.4, -0.2) is 153 Å². The lowest BCUT2D eigenvalue weighted by Gasteiger charge is -2.38. The Morgan fingerprint density at radius 3 is 2.04 bits per heavy atom. The Labute approximate surface area is 456 Å². The molecule has 2 aromatic heterocycles. The van der Waals surface area contributed by atoms with E-state index >= 15 is 0 Å². The van der Waals surface area contributed by atoms with Crippen molar-refractivity contribution in [3.63, 3.8) is 0 Å². The van der Waals surface area contributed by atoms with Crippen LogP contribution in [0.25, 0.3) is 10.9 Å². The van der Waals surface area contributed by atoms with Gasteiger partial charge in [0.15, 0.2) is 5.96 Å². The van der Waals surface area contributed by atoms with Crippen molar-refractivity contribution >= 4 is 75.9 Å². The van der Waals surface area contributed by atoms with Crippen molar-refractivity contribution in [1.29, 1.82) is 0 Å². The largest absolute Gasteiger partial charge is 0.370 e. The summed E-state index contributed by atoms with van der Waals surface area (Å²) >= 11 is 0. The molecule has 2 saturated heterocycles. The molecule has 6 rings (SSSR count). The Kier molecular flexibility index (Phi) is 21.8. The Hall–Kier alpha value is -8.84. The molecule has 8 atom stereocenters. The number of nitrogens with two attached hydrogens (primary N) is 3. The minimum Gasteiger partial charge on any atom is -0.370 e. The highest BCUT2D eigenvalue weighted by Gasteiger charge is 2.40. The van der Waals surface area contributed by atoms with E-state index in [1.165, 1.54) is 24.3 Å². The molecule has 0 bridgehead atoms. The maximum atomic E-state index is 14.8. The van der Waals surface area contributed by atoms with Gasteiger partial charge < -0.3 is 74.6 Å². The summed E-state index contributed by atoms with van der Waals surface area (Å²) in [5.41, 5.74) is 19.4. The Balaban J connectivity index is 1.36. The lowest BCUT2D eigenvalue weighted by molar-refractivity contribution is -0.146. The molecule has 2 fully saturated rings. The predicted molar refractivity (Wildman–Crippen MR) is 289 cm³/mol. The zero-order chi connectivity index (χ0) is 57.0. The number of carbonyl (C=O) groups is 10. The van der Waals surface area contributed by atoms with Crippen LogP contribution >= 0.6 is 0 Å². The number of aliphatic imine (C=N–C) groups is 1. The van der Waals surface area contributed by atoms with E-state index in [1.807, 2.05) is 31.2 Å². The Bertz CT molecular complexity index is 2820. The fraction of sp³-hybridized carbons (Fsp3) is 0.472. The summed E-state index contributed by atoms with van der Waals surface area (Å²) in [6.07, 6.45) is 5.67. The molecule has 2 aliphatic heterocycles. The number of imidazole rings is 1. The van der Waals surface area contributed by atoms with Crippen LogP contribution in [-0.2, 0) is 67.2 Å². The molecule has 4 aromatic rings. The maximum Gasteiger partial charge on any atom is 0.245 e. The quantitative estimate of drug-likeness (QED) is 0.0327. The number of fused-ring (bicyclic) bond motifs is 1. The molecule has 10 amide bonds. The summed E-state index contributed by atoms with van der Waals surface area (Å²) in [5, 5.41) is 22.3. The number of carbonyl (C=O) groups excluding carboxylic acids is 10. The first kappa shape index (κ1) is 59.4. The molecular weight excluding hydrogens is 1020 g/mol. The smallest absolute Gasteiger partial charge is 0.245 e. The SMILES string of the molecule is CCCC[C@H]1C(=O)N[C@@H](C(=O)N[C@H]2CC(=O)NCCCC[C@@H](C(N)=O)NC(=O)[C@H](Cc3c[nH]c4ccccc34)NC(=O)[C@H](CCCN=C(N)N)NC(=O)[C@@H](Cc3ccccc3)NC(=O)[C@H](Cc3cnc[nH]3)NC2=O)CN1C(C)=O. The van der Waals surface area contributed by atoms with Crippen molar-refractivity contribution in [3.05, 3.63) is 90.1 Å². The second-order valence-electron chi connectivity index (χ2n) is 19.7. The van der Waals surface area contributed by atoms with Crippen LogP contribution in [0.2, 0.25) is 0 Å². The molecule has 2 aromatic carbocycles. The third kappa shape index (κ3) is 17.6. The minimum atomic E-state index is -1.68. The van der Waals surface area contributed by atoms with Crippen LogP contribution in [0.5, 0.6) is 0 Å². The topological polar surface area (TPSA) is 405 Å². The van der Waals surface area contributed by atoms with E-state index in [0.717, 1.165) is 17.3 Å². The maximum absolute atomic E-state index is 14.8. The minimum absolute atomic E-state index is 0.00442. The molecule has 0 saturated carbocycles. The van der Waals surface area contributed by atoms with Crippen LogP contribution < -0.4 is 59.7 Å². The molecule has 0 radical (unpaired) electrons. The van der Waals surface area contributed by atoms with Gasteiger partial charge in [0.05, 0.1) is 19.3 Å². The van der Waals surface area contributed by atoms with Crippen LogP contribution in [0.1, 0.15) is 88.5 Å². The van der Waals surface area contributed by atoms with E-state index in [1.54, 1.807) is 36.5 Å². The number of nitrogens with one attached hydrogen (secondary N) is 10. The summed E-state index contributed by atoms with van der Waals surface area (Å²) in [4.78, 5) is 155. The van der Waals surface area contributed by atoms with Crippen molar-refractivity contribution < 1.29 is 47.9 Å². The standard InChI is InChI=1S/C53H72N16O10/c1-3-4-19-43-52(79)68-42(28-69(43)30(2)70)51(78)67-41-25-44(71)58-20-11-10-17-36(45(54)72)62-48(75)39(23-32-26-60-35-16-9-8-15-34(32)35)65-46(73)37(18-12-21-59-53(55)56)63-47(74)38(22-31-13-6-5-7-14-31)64-49(76)40(66-50(41)77)24-33-27-57-29-61-33/h5-9,13-16,26-27,29,36-43,60H,3-4,10-12,17-25,28H2,1-2H3,(H2,54,72)(H,57,61)(H,58,71)(H,62,75)(H,63,74)(H,64,76)(H,65,73)(H,66,77)(H,67,78)(H,68,79)(H4,55,56,59)/t36-,37-,38+,39-,40-,41-,42+,43-/m0/s1. The summed E-state index contributed by atoms with van der Waals surface area (Å²) in [6.45, 7) is 3.04. The van der Waals surface area contributed by atoms with Gasteiger partial charge in [0.2, 0.25) is 59.1 Å². The molecule has 4 heterocycles. The van der Waals surface area contributed by atoms with Gasteiger partial charge in [-0.05, 0) is 55.7 Å². The monoisotopic (exact) mass is 1090 g/mol. The highest BCUT2D eigenvalue weighted by molar-refractivity contribution is 6.00. The number of hydrogen-bond acceptors (Lipinski definition) is 12. The summed E-state index contributed by atoms with van der Waals surface area (Å²) in [6, 6.07) is 5.23. The number of benzene rings is 2. The fourth-order valence-electron chi connectivity index (χ4n) is 9.43.